The van der Waals surface area contributed by atoms with Gasteiger partial charge in [0.15, 0.2) is 0 Å². The number of rotatable bonds is 4. The Morgan fingerprint density at radius 1 is 1.79 bits per heavy atom. The molecule has 0 amide bonds. The maximum atomic E-state index is 5.44. The van der Waals surface area contributed by atoms with Gasteiger partial charge in [-0.3, -0.25) is 16.0 Å². The molecular formula is C10H16N4. The standard InChI is InChI=1S/C10H16N4/c1-4-6-9(12-11)10-7-8(3)13-14(10)5-2/h1,7,9,12H,5-6,11H2,2-3H3. The van der Waals surface area contributed by atoms with Crippen LogP contribution in [0.4, 0.5) is 0 Å². The molecule has 3 N–H and O–H groups in total. The molecule has 76 valence electrons. The Morgan fingerprint density at radius 3 is 3.00 bits per heavy atom. The Kier molecular flexibility index (Phi) is 3.69. The van der Waals surface area contributed by atoms with Crippen LogP contribution in [0.2, 0.25) is 0 Å². The minimum Gasteiger partial charge on any atom is -0.271 e. The number of nitrogens with two attached hydrogens (primary N) is 1. The van der Waals surface area contributed by atoms with E-state index in [1.807, 2.05) is 24.6 Å². The number of nitrogens with zero attached hydrogens (tertiary/aromatic N) is 2. The van der Waals surface area contributed by atoms with Crippen molar-refractivity contribution in [3.63, 3.8) is 0 Å². The summed E-state index contributed by atoms with van der Waals surface area (Å²) in [5.41, 5.74) is 4.74. The fourth-order valence-electron chi connectivity index (χ4n) is 1.47. The Morgan fingerprint density at radius 2 is 2.50 bits per heavy atom. The number of terminal acetylenes is 1. The molecule has 1 aromatic rings. The molecule has 1 unspecified atom stereocenters. The zero-order valence-electron chi connectivity index (χ0n) is 8.62. The SMILES string of the molecule is C#CCC(NN)c1cc(C)nn1CC. The van der Waals surface area contributed by atoms with E-state index in [0.717, 1.165) is 17.9 Å². The predicted molar refractivity (Wildman–Crippen MR) is 56.2 cm³/mol. The summed E-state index contributed by atoms with van der Waals surface area (Å²) in [6.45, 7) is 4.82. The maximum Gasteiger partial charge on any atom is 0.0738 e. The molecular weight excluding hydrogens is 176 g/mol. The van der Waals surface area contributed by atoms with Crippen molar-refractivity contribution in [2.75, 3.05) is 0 Å². The summed E-state index contributed by atoms with van der Waals surface area (Å²) in [5.74, 6) is 8.03. The number of hydrogen-bond acceptors (Lipinski definition) is 3. The summed E-state index contributed by atoms with van der Waals surface area (Å²) in [6.07, 6.45) is 5.84. The topological polar surface area (TPSA) is 55.9 Å². The Balaban J connectivity index is 2.96. The lowest BCUT2D eigenvalue weighted by Crippen LogP contribution is -2.29. The zero-order chi connectivity index (χ0) is 10.6. The van der Waals surface area contributed by atoms with E-state index in [1.165, 1.54) is 0 Å². The first-order chi connectivity index (χ1) is 6.72. The highest BCUT2D eigenvalue weighted by molar-refractivity contribution is 5.15. The monoisotopic (exact) mass is 192 g/mol. The van der Waals surface area contributed by atoms with Crippen molar-refractivity contribution in [3.05, 3.63) is 17.5 Å². The Hall–Kier alpha value is -1.31. The molecule has 0 aromatic carbocycles. The van der Waals surface area contributed by atoms with E-state index in [1.54, 1.807) is 0 Å². The van der Waals surface area contributed by atoms with Crippen molar-refractivity contribution in [2.45, 2.75) is 32.9 Å². The molecule has 0 bridgehead atoms. The van der Waals surface area contributed by atoms with Crippen molar-refractivity contribution in [1.82, 2.24) is 15.2 Å². The maximum absolute atomic E-state index is 5.44. The summed E-state index contributed by atoms with van der Waals surface area (Å²) < 4.78 is 1.91. The quantitative estimate of drug-likeness (QED) is 0.420. The first-order valence-corrected chi connectivity index (χ1v) is 4.66. The summed E-state index contributed by atoms with van der Waals surface area (Å²) in [5, 5.41) is 4.33. The lowest BCUT2D eigenvalue weighted by Gasteiger charge is -2.13. The van der Waals surface area contributed by atoms with Crippen LogP contribution >= 0.6 is 0 Å². The van der Waals surface area contributed by atoms with E-state index in [0.29, 0.717) is 6.42 Å². The van der Waals surface area contributed by atoms with E-state index < -0.39 is 0 Å². The zero-order valence-corrected chi connectivity index (χ0v) is 8.62. The van der Waals surface area contributed by atoms with Crippen LogP contribution in [0.3, 0.4) is 0 Å². The highest BCUT2D eigenvalue weighted by Gasteiger charge is 2.14. The first-order valence-electron chi connectivity index (χ1n) is 4.66. The number of hydrogen-bond donors (Lipinski definition) is 2. The lowest BCUT2D eigenvalue weighted by molar-refractivity contribution is 0.500. The second-order valence-corrected chi connectivity index (χ2v) is 3.15. The van der Waals surface area contributed by atoms with Gasteiger partial charge >= 0.3 is 0 Å². The second kappa shape index (κ2) is 4.80. The molecule has 4 nitrogen and oxygen atoms in total. The van der Waals surface area contributed by atoms with E-state index in [-0.39, 0.29) is 6.04 Å². The van der Waals surface area contributed by atoms with E-state index >= 15 is 0 Å². The van der Waals surface area contributed by atoms with Crippen LogP contribution in [0.1, 0.15) is 30.8 Å². The third-order valence-corrected chi connectivity index (χ3v) is 2.11. The largest absolute Gasteiger partial charge is 0.271 e. The van der Waals surface area contributed by atoms with Crippen molar-refractivity contribution in [2.24, 2.45) is 5.84 Å². The van der Waals surface area contributed by atoms with Gasteiger partial charge in [0.05, 0.1) is 17.4 Å². The molecule has 0 spiro atoms. The molecule has 1 rings (SSSR count). The minimum absolute atomic E-state index is 0.0128. The summed E-state index contributed by atoms with van der Waals surface area (Å²) >= 11 is 0. The average Bonchev–Trinajstić information content (AvgIpc) is 2.55. The highest BCUT2D eigenvalue weighted by Crippen LogP contribution is 2.16. The Labute approximate surface area is 84.5 Å². The van der Waals surface area contributed by atoms with Crippen LogP contribution < -0.4 is 11.3 Å². The number of hydrazine groups is 1. The van der Waals surface area contributed by atoms with Crippen molar-refractivity contribution in [1.29, 1.82) is 0 Å². The third kappa shape index (κ3) is 2.13. The highest BCUT2D eigenvalue weighted by atomic mass is 15.3. The minimum atomic E-state index is -0.0128. The predicted octanol–water partition coefficient (Wildman–Crippen LogP) is 0.739. The molecule has 0 radical (unpaired) electrons. The van der Waals surface area contributed by atoms with Gasteiger partial charge in [-0.2, -0.15) is 5.10 Å². The molecule has 0 saturated heterocycles. The smallest absolute Gasteiger partial charge is 0.0738 e. The van der Waals surface area contributed by atoms with Gasteiger partial charge in [0.2, 0.25) is 0 Å². The second-order valence-electron chi connectivity index (χ2n) is 3.15. The Bertz CT molecular complexity index is 334. The molecule has 0 saturated carbocycles. The number of aryl methyl sites for hydroxylation is 2. The van der Waals surface area contributed by atoms with Gasteiger partial charge < -0.3 is 0 Å². The molecule has 4 heteroatoms. The van der Waals surface area contributed by atoms with Gasteiger partial charge in [0, 0.05) is 13.0 Å². The molecule has 0 aliphatic carbocycles. The van der Waals surface area contributed by atoms with Crippen LogP contribution in [-0.2, 0) is 6.54 Å². The van der Waals surface area contributed by atoms with Gasteiger partial charge in [-0.1, -0.05) is 0 Å². The first kappa shape index (κ1) is 10.8. The van der Waals surface area contributed by atoms with E-state index in [2.05, 4.69) is 16.4 Å². The van der Waals surface area contributed by atoms with Gasteiger partial charge in [-0.25, -0.2) is 0 Å². The van der Waals surface area contributed by atoms with Crippen molar-refractivity contribution in [3.8, 4) is 12.3 Å². The molecule has 0 fully saturated rings. The summed E-state index contributed by atoms with van der Waals surface area (Å²) in [6, 6.07) is 1.99. The van der Waals surface area contributed by atoms with Gasteiger partial charge in [-0.05, 0) is 19.9 Å². The van der Waals surface area contributed by atoms with Crippen LogP contribution in [-0.4, -0.2) is 9.78 Å². The van der Waals surface area contributed by atoms with Gasteiger partial charge in [0.25, 0.3) is 0 Å². The number of nitrogens with one attached hydrogen (secondary N) is 1. The molecule has 14 heavy (non-hydrogen) atoms. The fraction of sp³-hybridized carbons (Fsp3) is 0.500. The summed E-state index contributed by atoms with van der Waals surface area (Å²) in [4.78, 5) is 0. The third-order valence-electron chi connectivity index (χ3n) is 2.11. The fourth-order valence-corrected chi connectivity index (χ4v) is 1.47. The van der Waals surface area contributed by atoms with E-state index in [9.17, 15) is 0 Å². The molecule has 1 aromatic heterocycles. The molecule has 1 heterocycles. The molecule has 0 aliphatic heterocycles. The van der Waals surface area contributed by atoms with Crippen LogP contribution in [0.15, 0.2) is 6.07 Å². The van der Waals surface area contributed by atoms with Gasteiger partial charge in [-0.15, -0.1) is 12.3 Å². The van der Waals surface area contributed by atoms with Crippen LogP contribution in [0.25, 0.3) is 0 Å². The average molecular weight is 192 g/mol. The lowest BCUT2D eigenvalue weighted by atomic mass is 10.1. The molecule has 0 aliphatic rings. The summed E-state index contributed by atoms with van der Waals surface area (Å²) in [7, 11) is 0. The van der Waals surface area contributed by atoms with Crippen molar-refractivity contribution < 1.29 is 0 Å². The molecule has 1 atom stereocenters. The van der Waals surface area contributed by atoms with Crippen molar-refractivity contribution >= 4 is 0 Å². The van der Waals surface area contributed by atoms with Gasteiger partial charge in [0.1, 0.15) is 0 Å². The normalized spacial score (nSPS) is 12.4. The van der Waals surface area contributed by atoms with Crippen LogP contribution in [0.5, 0.6) is 0 Å². The van der Waals surface area contributed by atoms with E-state index in [4.69, 9.17) is 12.3 Å². The van der Waals surface area contributed by atoms with Crippen LogP contribution in [0, 0.1) is 19.3 Å². The number of aromatic nitrogens is 2.